The summed E-state index contributed by atoms with van der Waals surface area (Å²) in [6.07, 6.45) is 4.95. The molecule has 2 heteroatoms. The number of hydrogen-bond donors (Lipinski definition) is 1. The Hall–Kier alpha value is -0.890. The smallest absolute Gasteiger partial charge is 0.123 e. The van der Waals surface area contributed by atoms with Crippen LogP contribution in [-0.2, 0) is 6.42 Å². The minimum absolute atomic E-state index is 0.149. The fraction of sp³-hybridized carbons (Fsp3) is 0.571. The van der Waals surface area contributed by atoms with Crippen LogP contribution in [0.5, 0.6) is 0 Å². The van der Waals surface area contributed by atoms with Crippen molar-refractivity contribution in [3.63, 3.8) is 0 Å². The van der Waals surface area contributed by atoms with Crippen molar-refractivity contribution in [2.45, 2.75) is 38.6 Å². The van der Waals surface area contributed by atoms with E-state index in [0.717, 1.165) is 18.8 Å². The number of hydrogen-bond acceptors (Lipinski definition) is 1. The molecule has 1 aliphatic carbocycles. The Morgan fingerprint density at radius 1 is 1.31 bits per heavy atom. The highest BCUT2D eigenvalue weighted by molar-refractivity contribution is 5.16. The van der Waals surface area contributed by atoms with Gasteiger partial charge in [-0.3, -0.25) is 0 Å². The first-order valence-corrected chi connectivity index (χ1v) is 6.22. The van der Waals surface area contributed by atoms with Crippen LogP contribution in [0.3, 0.4) is 0 Å². The molecule has 1 fully saturated rings. The monoisotopic (exact) mass is 221 g/mol. The van der Waals surface area contributed by atoms with Crippen molar-refractivity contribution in [3.8, 4) is 0 Å². The van der Waals surface area contributed by atoms with E-state index in [1.807, 2.05) is 12.1 Å². The SMILES string of the molecule is CC(CCc1ccc(F)cc1)NCC1CC1. The van der Waals surface area contributed by atoms with Crippen LogP contribution in [-0.4, -0.2) is 12.6 Å². The van der Waals surface area contributed by atoms with Crippen molar-refractivity contribution in [3.05, 3.63) is 35.6 Å². The number of nitrogens with one attached hydrogen (secondary N) is 1. The number of benzene rings is 1. The molecule has 1 aromatic carbocycles. The summed E-state index contributed by atoms with van der Waals surface area (Å²) in [4.78, 5) is 0. The van der Waals surface area contributed by atoms with Gasteiger partial charge in [-0.05, 0) is 62.8 Å². The molecule has 16 heavy (non-hydrogen) atoms. The first-order valence-electron chi connectivity index (χ1n) is 6.22. The number of halogens is 1. The first kappa shape index (κ1) is 11.6. The largest absolute Gasteiger partial charge is 0.314 e. The van der Waals surface area contributed by atoms with Crippen molar-refractivity contribution in [1.82, 2.24) is 5.32 Å². The first-order chi connectivity index (χ1) is 7.74. The normalized spacial score (nSPS) is 17.4. The van der Waals surface area contributed by atoms with Crippen LogP contribution in [0.25, 0.3) is 0 Å². The molecule has 0 amide bonds. The fourth-order valence-corrected chi connectivity index (χ4v) is 1.83. The molecular formula is C14H20FN. The van der Waals surface area contributed by atoms with Gasteiger partial charge < -0.3 is 5.32 Å². The predicted octanol–water partition coefficient (Wildman–Crippen LogP) is 3.15. The van der Waals surface area contributed by atoms with Gasteiger partial charge in [0, 0.05) is 6.04 Å². The van der Waals surface area contributed by atoms with E-state index in [9.17, 15) is 4.39 Å². The molecular weight excluding hydrogens is 201 g/mol. The highest BCUT2D eigenvalue weighted by Crippen LogP contribution is 2.27. The maximum atomic E-state index is 12.7. The third-order valence-corrected chi connectivity index (χ3v) is 3.23. The highest BCUT2D eigenvalue weighted by atomic mass is 19.1. The zero-order valence-corrected chi connectivity index (χ0v) is 9.88. The van der Waals surface area contributed by atoms with E-state index in [1.54, 1.807) is 0 Å². The summed E-state index contributed by atoms with van der Waals surface area (Å²) in [5.41, 5.74) is 1.22. The van der Waals surface area contributed by atoms with Crippen LogP contribution >= 0.6 is 0 Å². The fourth-order valence-electron chi connectivity index (χ4n) is 1.83. The molecule has 0 aliphatic heterocycles. The van der Waals surface area contributed by atoms with Gasteiger partial charge in [-0.2, -0.15) is 0 Å². The molecule has 0 bridgehead atoms. The molecule has 1 saturated carbocycles. The zero-order valence-electron chi connectivity index (χ0n) is 9.88. The predicted molar refractivity (Wildman–Crippen MR) is 64.9 cm³/mol. The lowest BCUT2D eigenvalue weighted by Crippen LogP contribution is -2.28. The molecule has 1 aromatic rings. The van der Waals surface area contributed by atoms with Crippen LogP contribution < -0.4 is 5.32 Å². The Bertz CT molecular complexity index is 316. The Labute approximate surface area is 97.1 Å². The van der Waals surface area contributed by atoms with Gasteiger partial charge in [-0.25, -0.2) is 4.39 Å². The molecule has 88 valence electrons. The lowest BCUT2D eigenvalue weighted by molar-refractivity contribution is 0.499. The Kier molecular flexibility index (Phi) is 3.94. The number of aryl methyl sites for hydroxylation is 1. The molecule has 2 rings (SSSR count). The Balaban J connectivity index is 1.67. The maximum Gasteiger partial charge on any atom is 0.123 e. The summed E-state index contributed by atoms with van der Waals surface area (Å²) in [6, 6.07) is 7.40. The van der Waals surface area contributed by atoms with Gasteiger partial charge in [-0.15, -0.1) is 0 Å². The molecule has 0 heterocycles. The molecule has 1 unspecified atom stereocenters. The summed E-state index contributed by atoms with van der Waals surface area (Å²) >= 11 is 0. The number of rotatable bonds is 6. The van der Waals surface area contributed by atoms with Gasteiger partial charge in [0.15, 0.2) is 0 Å². The molecule has 1 N–H and O–H groups in total. The van der Waals surface area contributed by atoms with Gasteiger partial charge in [-0.1, -0.05) is 12.1 Å². The van der Waals surface area contributed by atoms with Gasteiger partial charge in [0.25, 0.3) is 0 Å². The van der Waals surface area contributed by atoms with Crippen LogP contribution in [0.1, 0.15) is 31.7 Å². The van der Waals surface area contributed by atoms with Gasteiger partial charge in [0.05, 0.1) is 0 Å². The van der Waals surface area contributed by atoms with Crippen molar-refractivity contribution in [2.75, 3.05) is 6.54 Å². The molecule has 0 spiro atoms. The molecule has 1 atom stereocenters. The maximum absolute atomic E-state index is 12.7. The quantitative estimate of drug-likeness (QED) is 0.778. The average molecular weight is 221 g/mol. The zero-order chi connectivity index (χ0) is 11.4. The van der Waals surface area contributed by atoms with E-state index in [-0.39, 0.29) is 5.82 Å². The van der Waals surface area contributed by atoms with E-state index in [1.165, 1.54) is 37.1 Å². The lowest BCUT2D eigenvalue weighted by atomic mass is 10.1. The van der Waals surface area contributed by atoms with Crippen molar-refractivity contribution in [1.29, 1.82) is 0 Å². The summed E-state index contributed by atoms with van der Waals surface area (Å²) in [5, 5.41) is 3.55. The summed E-state index contributed by atoms with van der Waals surface area (Å²) < 4.78 is 12.7. The molecule has 1 aliphatic rings. The second kappa shape index (κ2) is 5.44. The second-order valence-electron chi connectivity index (χ2n) is 4.92. The molecule has 0 radical (unpaired) electrons. The van der Waals surface area contributed by atoms with Crippen LogP contribution in [0.2, 0.25) is 0 Å². The van der Waals surface area contributed by atoms with Gasteiger partial charge >= 0.3 is 0 Å². The Morgan fingerprint density at radius 2 is 2.00 bits per heavy atom. The third kappa shape index (κ3) is 3.93. The van der Waals surface area contributed by atoms with Crippen molar-refractivity contribution >= 4 is 0 Å². The topological polar surface area (TPSA) is 12.0 Å². The third-order valence-electron chi connectivity index (χ3n) is 3.23. The van der Waals surface area contributed by atoms with E-state index < -0.39 is 0 Å². The van der Waals surface area contributed by atoms with Crippen LogP contribution in [0, 0.1) is 11.7 Å². The molecule has 0 saturated heterocycles. The molecule has 1 nitrogen and oxygen atoms in total. The van der Waals surface area contributed by atoms with Crippen LogP contribution in [0.15, 0.2) is 24.3 Å². The summed E-state index contributed by atoms with van der Waals surface area (Å²) in [7, 11) is 0. The van der Waals surface area contributed by atoms with E-state index in [4.69, 9.17) is 0 Å². The van der Waals surface area contributed by atoms with E-state index >= 15 is 0 Å². The Morgan fingerprint density at radius 3 is 2.62 bits per heavy atom. The van der Waals surface area contributed by atoms with E-state index in [0.29, 0.717) is 6.04 Å². The van der Waals surface area contributed by atoms with Gasteiger partial charge in [0.2, 0.25) is 0 Å². The highest BCUT2D eigenvalue weighted by Gasteiger charge is 2.21. The van der Waals surface area contributed by atoms with Crippen molar-refractivity contribution < 1.29 is 4.39 Å². The van der Waals surface area contributed by atoms with Crippen LogP contribution in [0.4, 0.5) is 4.39 Å². The summed E-state index contributed by atoms with van der Waals surface area (Å²) in [5.74, 6) is 0.789. The van der Waals surface area contributed by atoms with E-state index in [2.05, 4.69) is 12.2 Å². The summed E-state index contributed by atoms with van der Waals surface area (Å²) in [6.45, 7) is 3.40. The second-order valence-corrected chi connectivity index (χ2v) is 4.92. The lowest BCUT2D eigenvalue weighted by Gasteiger charge is -2.13. The minimum atomic E-state index is -0.149. The molecule has 0 aromatic heterocycles. The standard InChI is InChI=1S/C14H20FN/c1-11(16-10-13-4-5-13)2-3-12-6-8-14(15)9-7-12/h6-9,11,13,16H,2-5,10H2,1H3. The van der Waals surface area contributed by atoms with Gasteiger partial charge in [0.1, 0.15) is 5.82 Å². The van der Waals surface area contributed by atoms with Crippen molar-refractivity contribution in [2.24, 2.45) is 5.92 Å². The average Bonchev–Trinajstić information content (AvgIpc) is 3.09. The minimum Gasteiger partial charge on any atom is -0.314 e.